The third-order valence-electron chi connectivity index (χ3n) is 4.23. The molecule has 28 heavy (non-hydrogen) atoms. The van der Waals surface area contributed by atoms with Gasteiger partial charge in [-0.25, -0.2) is 0 Å². The van der Waals surface area contributed by atoms with E-state index in [0.717, 1.165) is 17.2 Å². The van der Waals surface area contributed by atoms with E-state index in [1.165, 1.54) is 24.4 Å². The molecule has 0 fully saturated rings. The van der Waals surface area contributed by atoms with Crippen LogP contribution in [0, 0.1) is 6.92 Å². The number of rotatable bonds is 5. The number of carbonyl (C=O) groups is 1. The van der Waals surface area contributed by atoms with Crippen molar-refractivity contribution in [2.75, 3.05) is 10.6 Å². The predicted octanol–water partition coefficient (Wildman–Crippen LogP) is 5.27. The van der Waals surface area contributed by atoms with Crippen molar-refractivity contribution in [3.05, 3.63) is 89.2 Å². The molecule has 3 aromatic rings. The van der Waals surface area contributed by atoms with Gasteiger partial charge >= 0.3 is 6.18 Å². The molecule has 1 amide bonds. The Morgan fingerprint density at radius 3 is 2.50 bits per heavy atom. The lowest BCUT2D eigenvalue weighted by Crippen LogP contribution is -2.17. The van der Waals surface area contributed by atoms with Crippen LogP contribution in [0.3, 0.4) is 0 Å². The summed E-state index contributed by atoms with van der Waals surface area (Å²) in [6, 6.07) is 14.3. The van der Waals surface area contributed by atoms with Crippen LogP contribution in [0.25, 0.3) is 0 Å². The van der Waals surface area contributed by atoms with Gasteiger partial charge in [-0.1, -0.05) is 36.4 Å². The fourth-order valence-corrected chi connectivity index (χ4v) is 2.70. The van der Waals surface area contributed by atoms with Crippen molar-refractivity contribution in [3.63, 3.8) is 0 Å². The van der Waals surface area contributed by atoms with Crippen LogP contribution >= 0.6 is 0 Å². The summed E-state index contributed by atoms with van der Waals surface area (Å²) < 4.78 is 39.3. The Hall–Kier alpha value is -3.35. The second-order valence-electron chi connectivity index (χ2n) is 6.24. The third-order valence-corrected chi connectivity index (χ3v) is 4.23. The summed E-state index contributed by atoms with van der Waals surface area (Å²) in [4.78, 5) is 16.4. The van der Waals surface area contributed by atoms with Crippen LogP contribution in [-0.4, -0.2) is 10.9 Å². The average molecular weight is 385 g/mol. The number of carbonyl (C=O) groups excluding carboxylic acids is 1. The van der Waals surface area contributed by atoms with E-state index < -0.39 is 17.6 Å². The third kappa shape index (κ3) is 4.68. The molecular weight excluding hydrogens is 367 g/mol. The van der Waals surface area contributed by atoms with Gasteiger partial charge in [-0.15, -0.1) is 0 Å². The van der Waals surface area contributed by atoms with E-state index in [1.807, 2.05) is 31.2 Å². The largest absolute Gasteiger partial charge is 0.418 e. The number of pyridine rings is 1. The van der Waals surface area contributed by atoms with E-state index in [1.54, 1.807) is 12.3 Å². The molecule has 1 aromatic heterocycles. The number of nitrogens with one attached hydrogen (secondary N) is 2. The highest BCUT2D eigenvalue weighted by molar-refractivity contribution is 6.05. The molecule has 0 bridgehead atoms. The lowest BCUT2D eigenvalue weighted by molar-refractivity contribution is -0.136. The van der Waals surface area contributed by atoms with Crippen LogP contribution in [0.4, 0.5) is 24.5 Å². The first-order valence-electron chi connectivity index (χ1n) is 8.55. The second kappa shape index (κ2) is 8.12. The molecule has 0 aliphatic rings. The van der Waals surface area contributed by atoms with Gasteiger partial charge in [0.25, 0.3) is 5.91 Å². The summed E-state index contributed by atoms with van der Waals surface area (Å²) in [7, 11) is 0. The number of hydrogen-bond donors (Lipinski definition) is 2. The summed E-state index contributed by atoms with van der Waals surface area (Å²) in [6.45, 7) is 2.54. The van der Waals surface area contributed by atoms with Crippen LogP contribution in [0.15, 0.2) is 67.0 Å². The number of benzene rings is 2. The lowest BCUT2D eigenvalue weighted by atomic mass is 10.1. The van der Waals surface area contributed by atoms with Gasteiger partial charge < -0.3 is 10.6 Å². The summed E-state index contributed by atoms with van der Waals surface area (Å²) in [5.74, 6) is -0.663. The molecule has 0 saturated carbocycles. The molecule has 7 heteroatoms. The highest BCUT2D eigenvalue weighted by Crippen LogP contribution is 2.34. The van der Waals surface area contributed by atoms with Crippen LogP contribution in [0.2, 0.25) is 0 Å². The Morgan fingerprint density at radius 1 is 1.04 bits per heavy atom. The van der Waals surface area contributed by atoms with E-state index in [2.05, 4.69) is 15.6 Å². The van der Waals surface area contributed by atoms with Crippen molar-refractivity contribution < 1.29 is 18.0 Å². The van der Waals surface area contributed by atoms with Crippen LogP contribution in [-0.2, 0) is 12.7 Å². The minimum Gasteiger partial charge on any atom is -0.380 e. The highest BCUT2D eigenvalue weighted by Gasteiger charge is 2.33. The van der Waals surface area contributed by atoms with Crippen LogP contribution in [0.5, 0.6) is 0 Å². The quantitative estimate of drug-likeness (QED) is 0.629. The van der Waals surface area contributed by atoms with Gasteiger partial charge in [-0.05, 0) is 36.2 Å². The van der Waals surface area contributed by atoms with E-state index in [9.17, 15) is 18.0 Å². The number of hydrogen-bond acceptors (Lipinski definition) is 3. The fourth-order valence-electron chi connectivity index (χ4n) is 2.70. The van der Waals surface area contributed by atoms with Crippen molar-refractivity contribution in [2.24, 2.45) is 0 Å². The van der Waals surface area contributed by atoms with Gasteiger partial charge in [-0.2, -0.15) is 13.2 Å². The smallest absolute Gasteiger partial charge is 0.380 e. The number of amides is 1. The molecule has 3 rings (SSSR count). The Balaban J connectivity index is 1.74. The van der Waals surface area contributed by atoms with Gasteiger partial charge in [0.1, 0.15) is 0 Å². The van der Waals surface area contributed by atoms with E-state index >= 15 is 0 Å². The van der Waals surface area contributed by atoms with Crippen molar-refractivity contribution in [3.8, 4) is 0 Å². The Labute approximate surface area is 160 Å². The number of nitrogens with zero attached hydrogens (tertiary/aromatic N) is 1. The van der Waals surface area contributed by atoms with E-state index in [4.69, 9.17) is 0 Å². The van der Waals surface area contributed by atoms with Crippen molar-refractivity contribution in [1.82, 2.24) is 4.98 Å². The number of para-hydroxylation sites is 1. The zero-order chi connectivity index (χ0) is 20.1. The Bertz CT molecular complexity index is 986. The summed E-state index contributed by atoms with van der Waals surface area (Å²) in [5.41, 5.74) is 1.78. The second-order valence-corrected chi connectivity index (χ2v) is 6.24. The Morgan fingerprint density at radius 2 is 1.75 bits per heavy atom. The molecule has 144 valence electrons. The zero-order valence-electron chi connectivity index (χ0n) is 15.0. The fraction of sp³-hybridized carbons (Fsp3) is 0.143. The SMILES string of the molecule is Cc1ccccc1CNc1cncc(C(=O)Nc2ccccc2C(F)(F)F)c1. The first kappa shape index (κ1) is 19.4. The standard InChI is InChI=1S/C21H18F3N3O/c1-14-6-2-3-7-15(14)12-26-17-10-16(11-25-13-17)20(28)27-19-9-5-4-8-18(19)21(22,23)24/h2-11,13,26H,12H2,1H3,(H,27,28). The lowest BCUT2D eigenvalue weighted by Gasteiger charge is -2.14. The van der Waals surface area contributed by atoms with E-state index in [-0.39, 0.29) is 11.3 Å². The minimum atomic E-state index is -4.56. The van der Waals surface area contributed by atoms with Crippen LogP contribution in [0.1, 0.15) is 27.0 Å². The maximum atomic E-state index is 13.1. The van der Waals surface area contributed by atoms with Gasteiger partial charge in [-0.3, -0.25) is 9.78 Å². The van der Waals surface area contributed by atoms with Crippen LogP contribution < -0.4 is 10.6 Å². The number of halogens is 3. The van der Waals surface area contributed by atoms with Gasteiger partial charge in [0.05, 0.1) is 22.5 Å². The molecule has 0 spiro atoms. The summed E-state index contributed by atoms with van der Waals surface area (Å²) in [5, 5.41) is 5.49. The molecule has 2 aromatic carbocycles. The summed E-state index contributed by atoms with van der Waals surface area (Å²) in [6.07, 6.45) is -1.69. The number of aromatic nitrogens is 1. The maximum Gasteiger partial charge on any atom is 0.418 e. The van der Waals surface area contributed by atoms with Crippen molar-refractivity contribution in [2.45, 2.75) is 19.6 Å². The van der Waals surface area contributed by atoms with Gasteiger partial charge in [0.2, 0.25) is 0 Å². The monoisotopic (exact) mass is 385 g/mol. The zero-order valence-corrected chi connectivity index (χ0v) is 15.0. The molecule has 0 aliphatic carbocycles. The predicted molar refractivity (Wildman–Crippen MR) is 102 cm³/mol. The average Bonchev–Trinajstić information content (AvgIpc) is 2.67. The number of aryl methyl sites for hydroxylation is 1. The minimum absolute atomic E-state index is 0.159. The topological polar surface area (TPSA) is 54.0 Å². The van der Waals surface area contributed by atoms with Gasteiger partial charge in [0.15, 0.2) is 0 Å². The first-order chi connectivity index (χ1) is 13.3. The molecule has 2 N–H and O–H groups in total. The van der Waals surface area contributed by atoms with Crippen molar-refractivity contribution >= 4 is 17.3 Å². The number of alkyl halides is 3. The first-order valence-corrected chi connectivity index (χ1v) is 8.55. The molecule has 0 aliphatic heterocycles. The highest BCUT2D eigenvalue weighted by atomic mass is 19.4. The molecule has 1 heterocycles. The normalized spacial score (nSPS) is 11.1. The maximum absolute atomic E-state index is 13.1. The molecule has 0 radical (unpaired) electrons. The number of anilines is 2. The Kier molecular flexibility index (Phi) is 5.63. The molecule has 4 nitrogen and oxygen atoms in total. The summed E-state index contributed by atoms with van der Waals surface area (Å²) >= 11 is 0. The molecular formula is C21H18F3N3O. The molecule has 0 atom stereocenters. The molecule has 0 saturated heterocycles. The van der Waals surface area contributed by atoms with E-state index in [0.29, 0.717) is 12.2 Å². The van der Waals surface area contributed by atoms with Gasteiger partial charge in [0, 0.05) is 18.9 Å². The van der Waals surface area contributed by atoms with Crippen molar-refractivity contribution in [1.29, 1.82) is 0 Å². The molecule has 0 unspecified atom stereocenters.